The smallest absolute Gasteiger partial charge is 0.290 e. The van der Waals surface area contributed by atoms with Crippen LogP contribution in [0.5, 0.6) is 0 Å². The second-order valence-electron chi connectivity index (χ2n) is 7.72. The zero-order valence-electron chi connectivity index (χ0n) is 17.8. The van der Waals surface area contributed by atoms with Gasteiger partial charge in [-0.05, 0) is 50.1 Å². The van der Waals surface area contributed by atoms with Crippen LogP contribution >= 0.6 is 0 Å². The van der Waals surface area contributed by atoms with E-state index in [1.165, 1.54) is 0 Å². The van der Waals surface area contributed by atoms with Crippen LogP contribution < -0.4 is 4.72 Å². The molecule has 4 rings (SSSR count). The van der Waals surface area contributed by atoms with E-state index in [0.717, 1.165) is 18.2 Å². The third-order valence-corrected chi connectivity index (χ3v) is 7.16. The van der Waals surface area contributed by atoms with Gasteiger partial charge in [-0.3, -0.25) is 9.52 Å². The second-order valence-corrected chi connectivity index (χ2v) is 9.34. The van der Waals surface area contributed by atoms with E-state index >= 15 is 0 Å². The fourth-order valence-electron chi connectivity index (χ4n) is 3.75. The largest absolute Gasteiger partial charge is 0.449 e. The van der Waals surface area contributed by atoms with Gasteiger partial charge in [-0.1, -0.05) is 0 Å². The molecule has 0 radical (unpaired) electrons. The van der Waals surface area contributed by atoms with Crippen molar-refractivity contribution in [2.45, 2.75) is 25.7 Å². The van der Waals surface area contributed by atoms with Gasteiger partial charge in [0.1, 0.15) is 4.90 Å². The highest BCUT2D eigenvalue weighted by molar-refractivity contribution is 7.93. The predicted octanol–water partition coefficient (Wildman–Crippen LogP) is 3.91. The molecule has 170 valence electrons. The van der Waals surface area contributed by atoms with Crippen LogP contribution in [0.15, 0.2) is 33.6 Å². The molecule has 0 aliphatic carbocycles. The van der Waals surface area contributed by atoms with Crippen LogP contribution in [-0.2, 0) is 14.8 Å². The number of anilines is 1. The lowest BCUT2D eigenvalue weighted by molar-refractivity contribution is 0.0283. The number of nitrogens with zero attached hydrogens (tertiary/aromatic N) is 1. The zero-order chi connectivity index (χ0) is 23.2. The molecule has 1 N–H and O–H groups in total. The lowest BCUT2D eigenvalue weighted by atomic mass is 10.0. The fourth-order valence-corrected chi connectivity index (χ4v) is 5.25. The number of ether oxygens (including phenoxy) is 1. The van der Waals surface area contributed by atoms with E-state index in [1.807, 2.05) is 0 Å². The van der Waals surface area contributed by atoms with E-state index in [4.69, 9.17) is 9.15 Å². The molecule has 1 aromatic heterocycles. The van der Waals surface area contributed by atoms with E-state index in [0.29, 0.717) is 48.4 Å². The highest BCUT2D eigenvalue weighted by Crippen LogP contribution is 2.36. The summed E-state index contributed by atoms with van der Waals surface area (Å²) in [6, 6.07) is 4.49. The molecule has 0 unspecified atom stereocenters. The van der Waals surface area contributed by atoms with Crippen molar-refractivity contribution in [3.8, 4) is 0 Å². The molecule has 2 heterocycles. The van der Waals surface area contributed by atoms with Crippen LogP contribution in [0.1, 0.15) is 27.2 Å². The molecule has 1 saturated heterocycles. The van der Waals surface area contributed by atoms with Gasteiger partial charge in [0, 0.05) is 30.1 Å². The van der Waals surface area contributed by atoms with E-state index < -0.39 is 21.7 Å². The first-order valence-corrected chi connectivity index (χ1v) is 11.5. The predicted molar refractivity (Wildman–Crippen MR) is 114 cm³/mol. The number of furan rings is 1. The van der Waals surface area contributed by atoms with Crippen molar-refractivity contribution in [3.63, 3.8) is 0 Å². The standard InChI is InChI=1S/C22H22F2N2O5S/c1-12-10-16-14(3)19(22(27)26-6-8-30-9-7-26)31-20(16)21(13(12)2)32(28,29)25-15-4-5-17(23)18(24)11-15/h4-5,10-11,25H,6-9H2,1-3H3. The number of hydrogen-bond donors (Lipinski definition) is 1. The maximum Gasteiger partial charge on any atom is 0.290 e. The summed E-state index contributed by atoms with van der Waals surface area (Å²) in [5.74, 6) is -2.54. The van der Waals surface area contributed by atoms with Gasteiger partial charge in [-0.2, -0.15) is 0 Å². The fraction of sp³-hybridized carbons (Fsp3) is 0.318. The number of fused-ring (bicyclic) bond motifs is 1. The Morgan fingerprint density at radius 2 is 1.72 bits per heavy atom. The minimum atomic E-state index is -4.25. The molecule has 2 aromatic carbocycles. The zero-order valence-corrected chi connectivity index (χ0v) is 18.6. The molecule has 7 nitrogen and oxygen atoms in total. The molecule has 0 atom stereocenters. The Hall–Kier alpha value is -2.98. The summed E-state index contributed by atoms with van der Waals surface area (Å²) < 4.78 is 66.8. The number of amides is 1. The van der Waals surface area contributed by atoms with E-state index in [1.54, 1.807) is 31.7 Å². The summed E-state index contributed by atoms with van der Waals surface area (Å²) in [5, 5.41) is 0.496. The Morgan fingerprint density at radius 1 is 1.03 bits per heavy atom. The Labute approximate surface area is 184 Å². The normalized spacial score (nSPS) is 14.7. The Kier molecular flexibility index (Phi) is 5.68. The number of sulfonamides is 1. The van der Waals surface area contributed by atoms with E-state index in [2.05, 4.69) is 4.72 Å². The van der Waals surface area contributed by atoms with Gasteiger partial charge in [0.05, 0.1) is 18.9 Å². The first kappa shape index (κ1) is 22.2. The average Bonchev–Trinajstić information content (AvgIpc) is 3.07. The number of halogens is 2. The Bertz CT molecular complexity index is 1330. The summed E-state index contributed by atoms with van der Waals surface area (Å²) in [7, 11) is -4.25. The SMILES string of the molecule is Cc1cc2c(C)c(C(=O)N3CCOCC3)oc2c(S(=O)(=O)Nc2ccc(F)c(F)c2)c1C. The average molecular weight is 464 g/mol. The third kappa shape index (κ3) is 3.84. The van der Waals surface area contributed by atoms with E-state index in [9.17, 15) is 22.0 Å². The van der Waals surface area contributed by atoms with Crippen LogP contribution in [0.3, 0.4) is 0 Å². The number of aryl methyl sites for hydroxylation is 2. The summed E-state index contributed by atoms with van der Waals surface area (Å²) in [6.07, 6.45) is 0. The number of carbonyl (C=O) groups is 1. The quantitative estimate of drug-likeness (QED) is 0.633. The molecule has 10 heteroatoms. The maximum atomic E-state index is 13.6. The van der Waals surface area contributed by atoms with Crippen molar-refractivity contribution in [3.05, 3.63) is 58.4 Å². The molecule has 1 aliphatic heterocycles. The van der Waals surface area contributed by atoms with Gasteiger partial charge in [0.25, 0.3) is 15.9 Å². The van der Waals surface area contributed by atoms with Gasteiger partial charge in [-0.15, -0.1) is 0 Å². The van der Waals surface area contributed by atoms with Crippen LogP contribution in [0.25, 0.3) is 11.0 Å². The van der Waals surface area contributed by atoms with Crippen molar-refractivity contribution in [1.29, 1.82) is 0 Å². The molecule has 32 heavy (non-hydrogen) atoms. The second kappa shape index (κ2) is 8.18. The molecule has 1 aliphatic rings. The number of nitrogens with one attached hydrogen (secondary N) is 1. The molecule has 0 spiro atoms. The number of benzene rings is 2. The monoisotopic (exact) mass is 464 g/mol. The number of hydrogen-bond acceptors (Lipinski definition) is 5. The lowest BCUT2D eigenvalue weighted by Gasteiger charge is -2.26. The van der Waals surface area contributed by atoms with Crippen LogP contribution in [0, 0.1) is 32.4 Å². The van der Waals surface area contributed by atoms with Crippen molar-refractivity contribution in [1.82, 2.24) is 4.90 Å². The summed E-state index contributed by atoms with van der Waals surface area (Å²) in [5.41, 5.74) is 1.54. The highest BCUT2D eigenvalue weighted by Gasteiger charge is 2.30. The third-order valence-electron chi connectivity index (χ3n) is 5.63. The van der Waals surface area contributed by atoms with Crippen molar-refractivity contribution in [2.24, 2.45) is 0 Å². The first-order valence-electron chi connectivity index (χ1n) is 9.98. The molecular weight excluding hydrogens is 442 g/mol. The Balaban J connectivity index is 1.84. The minimum absolute atomic E-state index is 0.0392. The van der Waals surface area contributed by atoms with Crippen molar-refractivity contribution < 1.29 is 31.1 Å². The molecule has 3 aromatic rings. The van der Waals surface area contributed by atoms with Crippen LogP contribution in [0.2, 0.25) is 0 Å². The number of carbonyl (C=O) groups excluding carboxylic acids is 1. The van der Waals surface area contributed by atoms with Gasteiger partial charge < -0.3 is 14.1 Å². The van der Waals surface area contributed by atoms with Gasteiger partial charge >= 0.3 is 0 Å². The first-order chi connectivity index (χ1) is 15.1. The lowest BCUT2D eigenvalue weighted by Crippen LogP contribution is -2.40. The summed E-state index contributed by atoms with van der Waals surface area (Å²) in [4.78, 5) is 14.5. The molecule has 1 amide bonds. The van der Waals surface area contributed by atoms with Crippen LogP contribution in [0.4, 0.5) is 14.5 Å². The molecule has 0 bridgehead atoms. The van der Waals surface area contributed by atoms with Gasteiger partial charge in [-0.25, -0.2) is 17.2 Å². The van der Waals surface area contributed by atoms with Crippen molar-refractivity contribution in [2.75, 3.05) is 31.0 Å². The summed E-state index contributed by atoms with van der Waals surface area (Å²) >= 11 is 0. The number of morpholine rings is 1. The molecule has 1 fully saturated rings. The number of rotatable bonds is 4. The van der Waals surface area contributed by atoms with Gasteiger partial charge in [0.15, 0.2) is 23.0 Å². The summed E-state index contributed by atoms with van der Waals surface area (Å²) in [6.45, 7) is 6.74. The maximum absolute atomic E-state index is 13.6. The van der Waals surface area contributed by atoms with E-state index in [-0.39, 0.29) is 27.8 Å². The topological polar surface area (TPSA) is 88.9 Å². The minimum Gasteiger partial charge on any atom is -0.449 e. The van der Waals surface area contributed by atoms with Gasteiger partial charge in [0.2, 0.25) is 0 Å². The Morgan fingerprint density at radius 3 is 2.38 bits per heavy atom. The van der Waals surface area contributed by atoms with Crippen molar-refractivity contribution >= 4 is 32.6 Å². The van der Waals surface area contributed by atoms with Crippen LogP contribution in [-0.4, -0.2) is 45.5 Å². The molecule has 0 saturated carbocycles. The molecular formula is C22H22F2N2O5S. The highest BCUT2D eigenvalue weighted by atomic mass is 32.2.